The van der Waals surface area contributed by atoms with E-state index in [2.05, 4.69) is 15.3 Å². The van der Waals surface area contributed by atoms with E-state index in [1.807, 2.05) is 12.1 Å². The standard InChI is InChI=1S/C31H40N6O8/c1-29(2,3)24(34)27(40)44-23-20(15-43-22(38)14-18-10-8-7-9-11-18)45-31(16-32,25(23)39)21-13-12-19(36-21)26(35-17-33)37-28(41)30(4,5)42-6/h7-13,17,20,23-25,36,39H,14-15,34H2,1-6H3,(H2,33,35,37,41)/t20-,23-,24-,25-,31+/m1/s1. The van der Waals surface area contributed by atoms with Crippen LogP contribution in [0.1, 0.15) is 51.6 Å². The van der Waals surface area contributed by atoms with Gasteiger partial charge in [-0.2, -0.15) is 5.26 Å². The maximum absolute atomic E-state index is 13.0. The lowest BCUT2D eigenvalue weighted by Crippen LogP contribution is -2.49. The zero-order chi connectivity index (χ0) is 33.6. The number of aliphatic hydroxyl groups is 1. The van der Waals surface area contributed by atoms with Gasteiger partial charge in [-0.1, -0.05) is 51.1 Å². The highest BCUT2D eigenvalue weighted by Crippen LogP contribution is 2.41. The van der Waals surface area contributed by atoms with Gasteiger partial charge >= 0.3 is 11.9 Å². The summed E-state index contributed by atoms with van der Waals surface area (Å²) in [6.07, 6.45) is -3.82. The van der Waals surface area contributed by atoms with E-state index in [4.69, 9.17) is 30.1 Å². The van der Waals surface area contributed by atoms with Gasteiger partial charge in [0.25, 0.3) is 5.91 Å². The van der Waals surface area contributed by atoms with Gasteiger partial charge in [0.05, 0.1) is 17.8 Å². The first-order valence-electron chi connectivity index (χ1n) is 14.2. The molecule has 1 saturated heterocycles. The Balaban J connectivity index is 1.93. The molecule has 1 aromatic carbocycles. The molecule has 1 aliphatic rings. The van der Waals surface area contributed by atoms with Crippen LogP contribution in [0.3, 0.4) is 0 Å². The van der Waals surface area contributed by atoms with Crippen molar-refractivity contribution in [2.24, 2.45) is 16.1 Å². The van der Waals surface area contributed by atoms with Crippen molar-refractivity contribution in [1.82, 2.24) is 10.3 Å². The second-order valence-electron chi connectivity index (χ2n) is 12.1. The number of aliphatic hydroxyl groups excluding tert-OH is 1. The number of nitrogens with zero attached hydrogens (tertiary/aromatic N) is 2. The molecular weight excluding hydrogens is 584 g/mol. The third kappa shape index (κ3) is 8.00. The van der Waals surface area contributed by atoms with E-state index in [1.54, 1.807) is 45.0 Å². The molecule has 1 aliphatic heterocycles. The van der Waals surface area contributed by atoms with E-state index in [1.165, 1.54) is 33.1 Å². The summed E-state index contributed by atoms with van der Waals surface area (Å²) in [5.41, 5.74) is 2.94. The highest BCUT2D eigenvalue weighted by Gasteiger charge is 2.59. The molecule has 1 amide bonds. The van der Waals surface area contributed by atoms with E-state index in [-0.39, 0.29) is 23.6 Å². The molecule has 0 radical (unpaired) electrons. The lowest BCUT2D eigenvalue weighted by molar-refractivity contribution is -0.163. The predicted octanol–water partition coefficient (Wildman–Crippen LogP) is 1.46. The van der Waals surface area contributed by atoms with Crippen LogP contribution in [0.4, 0.5) is 0 Å². The molecule has 0 saturated carbocycles. The lowest BCUT2D eigenvalue weighted by Gasteiger charge is -2.28. The second kappa shape index (κ2) is 14.1. The van der Waals surface area contributed by atoms with Gasteiger partial charge in [-0.25, -0.2) is 4.99 Å². The summed E-state index contributed by atoms with van der Waals surface area (Å²) in [7, 11) is 1.36. The molecule has 0 bridgehead atoms. The normalized spacial score (nSPS) is 22.6. The summed E-state index contributed by atoms with van der Waals surface area (Å²) in [6.45, 7) is 7.84. The molecule has 0 aliphatic carbocycles. The topological polar surface area (TPSA) is 222 Å². The molecule has 1 fully saturated rings. The highest BCUT2D eigenvalue weighted by atomic mass is 16.6. The van der Waals surface area contributed by atoms with Crippen molar-refractivity contribution in [3.63, 3.8) is 0 Å². The number of hydrogen-bond donors (Lipinski definition) is 5. The number of esters is 2. The average Bonchev–Trinajstić information content (AvgIpc) is 3.59. The summed E-state index contributed by atoms with van der Waals surface area (Å²) in [4.78, 5) is 45.2. The van der Waals surface area contributed by atoms with Crippen LogP contribution in [0.15, 0.2) is 47.5 Å². The third-order valence-electron chi connectivity index (χ3n) is 7.46. The number of amides is 1. The van der Waals surface area contributed by atoms with Crippen LogP contribution in [0, 0.1) is 22.2 Å². The monoisotopic (exact) mass is 624 g/mol. The van der Waals surface area contributed by atoms with Crippen molar-refractivity contribution in [3.8, 4) is 6.07 Å². The Morgan fingerprint density at radius 3 is 2.47 bits per heavy atom. The summed E-state index contributed by atoms with van der Waals surface area (Å²) < 4.78 is 22.3. The molecule has 45 heavy (non-hydrogen) atoms. The minimum atomic E-state index is -2.14. The minimum absolute atomic E-state index is 0.0183. The highest BCUT2D eigenvalue weighted by molar-refractivity contribution is 6.10. The van der Waals surface area contributed by atoms with Gasteiger partial charge in [0.1, 0.15) is 42.9 Å². The van der Waals surface area contributed by atoms with Crippen LogP contribution in [-0.2, 0) is 45.4 Å². The van der Waals surface area contributed by atoms with E-state index in [0.29, 0.717) is 11.9 Å². The Morgan fingerprint density at radius 1 is 1.22 bits per heavy atom. The summed E-state index contributed by atoms with van der Waals surface area (Å²) in [6, 6.07) is 12.6. The molecule has 3 rings (SSSR count). The van der Waals surface area contributed by atoms with Crippen molar-refractivity contribution < 1.29 is 38.4 Å². The fourth-order valence-electron chi connectivity index (χ4n) is 4.34. The molecule has 14 heteroatoms. The number of hydrogen-bond acceptors (Lipinski definition) is 11. The fraction of sp³-hybridized carbons (Fsp3) is 0.484. The number of benzene rings is 1. The number of aliphatic imine (C=N–C) groups is 1. The van der Waals surface area contributed by atoms with E-state index < -0.39 is 65.4 Å². The molecule has 0 spiro atoms. The first-order chi connectivity index (χ1) is 21.1. The van der Waals surface area contributed by atoms with Gasteiger partial charge in [-0.05, 0) is 37.0 Å². The van der Waals surface area contributed by atoms with Crippen LogP contribution < -0.4 is 11.1 Å². The van der Waals surface area contributed by atoms with E-state index >= 15 is 0 Å². The number of amidine groups is 1. The maximum atomic E-state index is 13.0. The van der Waals surface area contributed by atoms with E-state index in [9.17, 15) is 24.8 Å². The third-order valence-corrected chi connectivity index (χ3v) is 7.46. The Kier molecular flexibility index (Phi) is 11.0. The smallest absolute Gasteiger partial charge is 0.323 e. The van der Waals surface area contributed by atoms with Gasteiger partial charge in [-0.3, -0.25) is 19.8 Å². The largest absolute Gasteiger partial charge is 0.463 e. The Morgan fingerprint density at radius 2 is 1.89 bits per heavy atom. The average molecular weight is 625 g/mol. The number of aromatic nitrogens is 1. The van der Waals surface area contributed by atoms with Crippen LogP contribution in [0.2, 0.25) is 0 Å². The van der Waals surface area contributed by atoms with Crippen molar-refractivity contribution in [2.45, 2.75) is 76.6 Å². The summed E-state index contributed by atoms with van der Waals surface area (Å²) in [5.74, 6) is -2.08. The minimum Gasteiger partial charge on any atom is -0.463 e. The number of aromatic amines is 1. The number of carbonyl (C=O) groups excluding carboxylic acids is 3. The number of nitriles is 1. The summed E-state index contributed by atoms with van der Waals surface area (Å²) in [5, 5.41) is 31.9. The van der Waals surface area contributed by atoms with Crippen LogP contribution in [0.25, 0.3) is 0 Å². The Labute approximate surface area is 261 Å². The number of ether oxygens (including phenoxy) is 4. The van der Waals surface area contributed by atoms with E-state index in [0.717, 1.165) is 0 Å². The molecule has 2 aromatic rings. The summed E-state index contributed by atoms with van der Waals surface area (Å²) >= 11 is 0. The molecule has 5 atom stereocenters. The van der Waals surface area contributed by atoms with Crippen molar-refractivity contribution in [2.75, 3.05) is 13.7 Å². The number of H-pyrrole nitrogens is 1. The fourth-order valence-corrected chi connectivity index (χ4v) is 4.34. The predicted molar refractivity (Wildman–Crippen MR) is 162 cm³/mol. The molecule has 1 aromatic heterocycles. The Hall–Kier alpha value is -4.42. The maximum Gasteiger partial charge on any atom is 0.323 e. The van der Waals surface area contributed by atoms with Crippen LogP contribution >= 0.6 is 0 Å². The number of nitrogens with one attached hydrogen (secondary N) is 3. The van der Waals surface area contributed by atoms with Crippen molar-refractivity contribution in [3.05, 3.63) is 59.4 Å². The molecule has 2 heterocycles. The zero-order valence-electron chi connectivity index (χ0n) is 26.1. The van der Waals surface area contributed by atoms with Crippen molar-refractivity contribution >= 4 is 30.0 Å². The quantitative estimate of drug-likeness (QED) is 0.137. The van der Waals surface area contributed by atoms with Gasteiger partial charge in [0.2, 0.25) is 5.60 Å². The number of carbonyl (C=O) groups is 3. The number of methoxy groups -OCH3 is 1. The molecule has 0 unspecified atom stereocenters. The first-order valence-corrected chi connectivity index (χ1v) is 14.2. The lowest BCUT2D eigenvalue weighted by atomic mass is 9.87. The van der Waals surface area contributed by atoms with Gasteiger partial charge < -0.3 is 40.1 Å². The zero-order valence-corrected chi connectivity index (χ0v) is 26.1. The number of rotatable bonds is 11. The SMILES string of the molecule is COC(C)(C)C(=O)NC(=NC=N)c1ccc([C@]2(C#N)O[C@H](COC(=O)Cc3ccccc3)[C@@H](OC(=O)[C@@H](N)C(C)(C)C)[C@H]2O)[nH]1. The first kappa shape index (κ1) is 35.1. The van der Waals surface area contributed by atoms with Crippen LogP contribution in [-0.4, -0.2) is 83.8 Å². The van der Waals surface area contributed by atoms with Gasteiger partial charge in [0.15, 0.2) is 11.9 Å². The molecule has 6 N–H and O–H groups in total. The number of nitrogens with two attached hydrogens (primary N) is 1. The molecule has 242 valence electrons. The second-order valence-corrected chi connectivity index (χ2v) is 12.1. The Bertz CT molecular complexity index is 1460. The van der Waals surface area contributed by atoms with Gasteiger partial charge in [-0.15, -0.1) is 0 Å². The van der Waals surface area contributed by atoms with Crippen LogP contribution in [0.5, 0.6) is 0 Å². The van der Waals surface area contributed by atoms with Crippen molar-refractivity contribution in [1.29, 1.82) is 10.7 Å². The molecule has 14 nitrogen and oxygen atoms in total. The van der Waals surface area contributed by atoms with Gasteiger partial charge in [0, 0.05) is 7.11 Å². The molecular formula is C31H40N6O8.